The largest absolute Gasteiger partial charge is 0.396 e. The van der Waals surface area contributed by atoms with E-state index in [4.69, 9.17) is 74.0 Å². The second-order valence-corrected chi connectivity index (χ2v) is 20.9. The Bertz CT molecular complexity index is 1890. The monoisotopic (exact) mass is 1160 g/mol. The number of ether oxygens (including phenoxy) is 12. The lowest BCUT2D eigenvalue weighted by Gasteiger charge is -2.50. The minimum Gasteiger partial charge on any atom is -0.396 e. The number of nitrogens with one attached hydrogen (secondary N) is 3. The van der Waals surface area contributed by atoms with Crippen LogP contribution >= 0.6 is 0 Å². The summed E-state index contributed by atoms with van der Waals surface area (Å²) in [7, 11) is 5.45. The molecule has 4 saturated heterocycles. The molecular weight excluding hydrogens is 1080 g/mol. The van der Waals surface area contributed by atoms with Gasteiger partial charge in [0.05, 0.1) is 87.3 Å². The van der Waals surface area contributed by atoms with E-state index in [1.54, 1.807) is 0 Å². The summed E-state index contributed by atoms with van der Waals surface area (Å²) in [6.07, 6.45) is -23.0. The van der Waals surface area contributed by atoms with Crippen LogP contribution in [-0.4, -0.2) is 307 Å². The van der Waals surface area contributed by atoms with Crippen LogP contribution in [0.4, 0.5) is 0 Å². The van der Waals surface area contributed by atoms with E-state index in [-0.39, 0.29) is 32.5 Å². The van der Waals surface area contributed by atoms with Crippen LogP contribution < -0.4 is 33.2 Å². The van der Waals surface area contributed by atoms with Crippen LogP contribution in [0.25, 0.3) is 0 Å². The van der Waals surface area contributed by atoms with Crippen LogP contribution in [0.15, 0.2) is 0 Å². The Labute approximate surface area is 462 Å². The van der Waals surface area contributed by atoms with Crippen molar-refractivity contribution in [3.8, 4) is 0 Å². The maximum atomic E-state index is 12.3. The Morgan fingerprint density at radius 1 is 0.412 bits per heavy atom. The van der Waals surface area contributed by atoms with Gasteiger partial charge in [-0.2, -0.15) is 0 Å². The molecule has 6 rings (SSSR count). The number of aliphatic hydroxyl groups is 11. The number of amides is 3. The average Bonchev–Trinajstić information content (AvgIpc) is 3.46. The molecule has 2 aliphatic carbocycles. The van der Waals surface area contributed by atoms with Crippen LogP contribution in [0.5, 0.6) is 0 Å². The molecule has 466 valence electrons. The first-order chi connectivity index (χ1) is 38.0. The number of carbonyl (C=O) groups excluding carboxylic acids is 3. The van der Waals surface area contributed by atoms with Crippen molar-refractivity contribution < 1.29 is 127 Å². The van der Waals surface area contributed by atoms with Crippen molar-refractivity contribution >= 4 is 17.7 Å². The maximum Gasteiger partial charge on any atom is 0.217 e. The Morgan fingerprint density at radius 2 is 0.775 bits per heavy atom. The smallest absolute Gasteiger partial charge is 0.217 e. The molecular formula is C48H88N6O26. The molecule has 32 nitrogen and oxygen atoms in total. The highest BCUT2D eigenvalue weighted by atomic mass is 16.7. The number of methoxy groups -OCH3 is 4. The fourth-order valence-electron chi connectivity index (χ4n) is 11.4. The quantitative estimate of drug-likeness (QED) is 0.0507. The molecule has 29 atom stereocenters. The van der Waals surface area contributed by atoms with E-state index < -0.39 is 221 Å². The average molecular weight is 1170 g/mol. The predicted octanol–water partition coefficient (Wildman–Crippen LogP) is -9.84. The number of aliphatic hydroxyl groups excluding tert-OH is 11. The molecule has 3 amide bonds. The van der Waals surface area contributed by atoms with E-state index in [1.807, 2.05) is 0 Å². The molecule has 0 bridgehead atoms. The van der Waals surface area contributed by atoms with Crippen molar-refractivity contribution in [3.05, 3.63) is 0 Å². The van der Waals surface area contributed by atoms with Gasteiger partial charge >= 0.3 is 0 Å². The zero-order chi connectivity index (χ0) is 59.4. The van der Waals surface area contributed by atoms with Crippen LogP contribution in [0, 0.1) is 11.8 Å². The van der Waals surface area contributed by atoms with Gasteiger partial charge in [0.2, 0.25) is 17.7 Å². The van der Waals surface area contributed by atoms with Gasteiger partial charge in [-0.25, -0.2) is 0 Å². The topological polar surface area (TPSA) is 499 Å². The Kier molecular flexibility index (Phi) is 26.8. The Balaban J connectivity index is 0.000000326. The number of hydrogen-bond donors (Lipinski definition) is 17. The summed E-state index contributed by atoms with van der Waals surface area (Å²) in [5, 5.41) is 123. The first-order valence-corrected chi connectivity index (χ1v) is 26.5. The highest BCUT2D eigenvalue weighted by Crippen LogP contribution is 2.38. The normalized spacial score (nSPS) is 45.2. The molecule has 0 aromatic carbocycles. The molecule has 20 N–H and O–H groups in total. The van der Waals surface area contributed by atoms with Gasteiger partial charge in [0, 0.05) is 74.3 Å². The van der Waals surface area contributed by atoms with Crippen molar-refractivity contribution in [3.63, 3.8) is 0 Å². The first kappa shape index (κ1) is 68.2. The molecule has 4 aliphatic heterocycles. The SMILES string of the molecule is CO[C@@H]1OC(CO)C(OC2C[C@@H](CO)[C@@H](O[C@@H]3OC(CO)C(OC4C[C@@H](CO)[C@@H](OC)C(O)C4N)[C@@H](O)[C@@H]3NC(C)=O)C(O)C2N)C[C@@H]1N.CO[C@@H]1OC(CO)C(OC2O[C@@H](CO)[C@@H](OC)C(O)C2NC(C)=O)[C@H](O)[C@@H]1NC(C)=O. The summed E-state index contributed by atoms with van der Waals surface area (Å²) in [5.41, 5.74) is 18.9. The van der Waals surface area contributed by atoms with Gasteiger partial charge in [-0.15, -0.1) is 0 Å². The van der Waals surface area contributed by atoms with Gasteiger partial charge < -0.3 is 146 Å². The molecule has 15 unspecified atom stereocenters. The molecule has 2 saturated carbocycles. The van der Waals surface area contributed by atoms with Gasteiger partial charge in [-0.3, -0.25) is 14.4 Å². The van der Waals surface area contributed by atoms with Crippen molar-refractivity contribution in [2.45, 2.75) is 205 Å². The van der Waals surface area contributed by atoms with Crippen molar-refractivity contribution in [2.75, 3.05) is 68.1 Å². The summed E-state index contributed by atoms with van der Waals surface area (Å²) in [5.74, 6) is -2.83. The standard InChI is InChI=1S/C30H56N4O15.C18H32N2O11/c1-11(39)34-22-25(42)28(46-17-4-12(7-35)26(43-2)23(40)21(17)33)19(10-38)48-30(22)49-27-13(8-36)5-16(20(32)24(27)41)45-15-6-14(31)29(44-3)47-18(15)9-37;1-7(23)19-11-14(26)16(10(6-22)29-17(11)28-4)31-18-12(20-8(2)24)13(25)15(27-3)9(5-21)30-18/h12-30,35-38,40-42H,4-10,31-33H2,1-3H3,(H,34,39);9-18,21-22,25-26H,5-6H2,1-4H3,(H,19,23)(H,20,24)/t12-,13-,14-,15?,16?,17?,18?,19?,20?,21?,22-,23?,24?,25-,26+,27+,28?,29+,30-;9-,10?,11-,12?,13?,14+,15+,16?,17+,18?/m00/s1. The number of hydrogen-bond acceptors (Lipinski definition) is 29. The lowest BCUT2D eigenvalue weighted by atomic mass is 9.79. The molecule has 4 heterocycles. The number of carbonyl (C=O) groups is 3. The summed E-state index contributed by atoms with van der Waals surface area (Å²) in [6, 6.07) is -6.07. The van der Waals surface area contributed by atoms with Gasteiger partial charge in [-0.1, -0.05) is 0 Å². The second-order valence-electron chi connectivity index (χ2n) is 20.9. The molecule has 0 spiro atoms. The lowest BCUT2D eigenvalue weighted by Crippen LogP contribution is -2.69. The lowest BCUT2D eigenvalue weighted by molar-refractivity contribution is -0.331. The molecule has 6 fully saturated rings. The fraction of sp³-hybridized carbons (Fsp3) is 0.938. The van der Waals surface area contributed by atoms with Crippen LogP contribution in [0.2, 0.25) is 0 Å². The van der Waals surface area contributed by atoms with E-state index in [1.165, 1.54) is 49.2 Å². The van der Waals surface area contributed by atoms with E-state index in [9.17, 15) is 70.6 Å². The Morgan fingerprint density at radius 3 is 1.20 bits per heavy atom. The summed E-state index contributed by atoms with van der Waals surface area (Å²) >= 11 is 0. The molecule has 0 aromatic heterocycles. The molecule has 0 aromatic rings. The zero-order valence-corrected chi connectivity index (χ0v) is 45.9. The number of rotatable bonds is 21. The second kappa shape index (κ2) is 31.5. The van der Waals surface area contributed by atoms with E-state index >= 15 is 0 Å². The summed E-state index contributed by atoms with van der Waals surface area (Å²) in [6.45, 7) is 0.735. The van der Waals surface area contributed by atoms with Gasteiger partial charge in [-0.05, 0) is 19.3 Å². The highest BCUT2D eigenvalue weighted by molar-refractivity contribution is 5.74. The van der Waals surface area contributed by atoms with Gasteiger partial charge in [0.25, 0.3) is 0 Å². The van der Waals surface area contributed by atoms with E-state index in [0.29, 0.717) is 0 Å². The third-order valence-electron chi connectivity index (χ3n) is 15.5. The number of nitrogens with two attached hydrogens (primary N) is 3. The fourth-order valence-corrected chi connectivity index (χ4v) is 11.4. The van der Waals surface area contributed by atoms with Crippen molar-refractivity contribution in [1.82, 2.24) is 16.0 Å². The molecule has 0 radical (unpaired) electrons. The first-order valence-electron chi connectivity index (χ1n) is 26.5. The van der Waals surface area contributed by atoms with Gasteiger partial charge in [0.1, 0.15) is 79.2 Å². The summed E-state index contributed by atoms with van der Waals surface area (Å²) in [4.78, 5) is 35.5. The molecule has 6 aliphatic rings. The molecule has 32 heteroatoms. The molecule has 80 heavy (non-hydrogen) atoms. The van der Waals surface area contributed by atoms with Crippen LogP contribution in [0.3, 0.4) is 0 Å². The van der Waals surface area contributed by atoms with Crippen molar-refractivity contribution in [2.24, 2.45) is 29.0 Å². The van der Waals surface area contributed by atoms with Gasteiger partial charge in [0.15, 0.2) is 25.2 Å². The van der Waals surface area contributed by atoms with E-state index in [2.05, 4.69) is 16.0 Å². The van der Waals surface area contributed by atoms with E-state index in [0.717, 1.165) is 0 Å². The van der Waals surface area contributed by atoms with Crippen LogP contribution in [0.1, 0.15) is 40.0 Å². The maximum absolute atomic E-state index is 12.3. The minimum absolute atomic E-state index is 0.0998. The highest BCUT2D eigenvalue weighted by Gasteiger charge is 2.55. The third-order valence-corrected chi connectivity index (χ3v) is 15.5. The summed E-state index contributed by atoms with van der Waals surface area (Å²) < 4.78 is 68.3. The third kappa shape index (κ3) is 16.0. The Hall–Kier alpha value is -2.63. The minimum atomic E-state index is -1.56. The van der Waals surface area contributed by atoms with Crippen molar-refractivity contribution in [1.29, 1.82) is 0 Å². The van der Waals surface area contributed by atoms with Crippen LogP contribution in [-0.2, 0) is 71.2 Å². The predicted molar refractivity (Wildman–Crippen MR) is 267 cm³/mol. The zero-order valence-electron chi connectivity index (χ0n) is 45.9.